The van der Waals surface area contributed by atoms with E-state index in [2.05, 4.69) is 15.8 Å². The van der Waals surface area contributed by atoms with Gasteiger partial charge in [-0.05, 0) is 56.4 Å². The average molecular weight is 586 g/mol. The van der Waals surface area contributed by atoms with E-state index >= 15 is 0 Å². The summed E-state index contributed by atoms with van der Waals surface area (Å²) in [7, 11) is -3.98. The number of nitrogens with one attached hydrogen (secondary N) is 1. The number of nitriles is 1. The molecule has 0 saturated carbocycles. The molecule has 0 radical (unpaired) electrons. The maximum Gasteiger partial charge on any atom is 0.340 e. The van der Waals surface area contributed by atoms with Crippen LogP contribution in [0.3, 0.4) is 0 Å². The minimum absolute atomic E-state index is 0.0278. The lowest BCUT2D eigenvalue weighted by atomic mass is 9.96. The van der Waals surface area contributed by atoms with E-state index in [1.165, 1.54) is 18.2 Å². The second kappa shape index (κ2) is 13.1. The number of sulfonamides is 1. The lowest BCUT2D eigenvalue weighted by Gasteiger charge is -2.33. The van der Waals surface area contributed by atoms with Crippen LogP contribution in [0.15, 0.2) is 30.3 Å². The molecule has 3 heterocycles. The van der Waals surface area contributed by atoms with Gasteiger partial charge in [0.15, 0.2) is 0 Å². The Kier molecular flexibility index (Phi) is 9.54. The Morgan fingerprint density at radius 1 is 1.17 bits per heavy atom. The molecule has 0 atom stereocenters. The van der Waals surface area contributed by atoms with Crippen molar-refractivity contribution < 1.29 is 31.9 Å². The molecule has 11 nitrogen and oxygen atoms in total. The Hall–Kier alpha value is -4.05. The minimum atomic E-state index is -3.98. The van der Waals surface area contributed by atoms with Crippen LogP contribution in [0.1, 0.15) is 66.2 Å². The van der Waals surface area contributed by atoms with E-state index in [4.69, 9.17) is 4.74 Å². The van der Waals surface area contributed by atoms with Crippen LogP contribution in [0.4, 0.5) is 10.2 Å². The number of carbonyl (C=O) groups excluding carboxylic acids is 3. The molecule has 2 fully saturated rings. The zero-order chi connectivity index (χ0) is 29.6. The van der Waals surface area contributed by atoms with Crippen LogP contribution in [0.5, 0.6) is 0 Å². The molecule has 1 aromatic carbocycles. The predicted molar refractivity (Wildman–Crippen MR) is 146 cm³/mol. The fourth-order valence-electron chi connectivity index (χ4n) is 5.01. The maximum absolute atomic E-state index is 13.1. The normalized spacial score (nSPS) is 16.3. The van der Waals surface area contributed by atoms with Crippen molar-refractivity contribution >= 4 is 33.6 Å². The van der Waals surface area contributed by atoms with Crippen molar-refractivity contribution in [3.8, 4) is 6.07 Å². The zero-order valence-electron chi connectivity index (χ0n) is 22.8. The third-order valence-electron chi connectivity index (χ3n) is 7.15. The van der Waals surface area contributed by atoms with Gasteiger partial charge in [-0.2, -0.15) is 5.26 Å². The molecule has 0 spiro atoms. The molecule has 2 amide bonds. The molecule has 1 N–H and O–H groups in total. The van der Waals surface area contributed by atoms with Crippen LogP contribution < -0.4 is 9.62 Å². The number of anilines is 1. The van der Waals surface area contributed by atoms with Crippen molar-refractivity contribution in [2.75, 3.05) is 31.1 Å². The quantitative estimate of drug-likeness (QED) is 0.438. The molecule has 0 aliphatic carbocycles. The van der Waals surface area contributed by atoms with Crippen LogP contribution in [0.2, 0.25) is 0 Å². The number of aromatic nitrogens is 1. The number of hydrogen-bond acceptors (Lipinski definition) is 9. The van der Waals surface area contributed by atoms with Gasteiger partial charge in [-0.1, -0.05) is 12.1 Å². The van der Waals surface area contributed by atoms with Crippen LogP contribution in [-0.4, -0.2) is 62.3 Å². The number of nitrogens with zero attached hydrogens (tertiary/aromatic N) is 4. The third kappa shape index (κ3) is 7.58. The van der Waals surface area contributed by atoms with Gasteiger partial charge in [-0.3, -0.25) is 14.3 Å². The highest BCUT2D eigenvalue weighted by Crippen LogP contribution is 2.28. The van der Waals surface area contributed by atoms with Gasteiger partial charge in [0.05, 0.1) is 35.7 Å². The topological polar surface area (TPSA) is 150 Å². The monoisotopic (exact) mass is 585 g/mol. The lowest BCUT2D eigenvalue weighted by molar-refractivity contribution is -0.134. The molecule has 41 heavy (non-hydrogen) atoms. The molecule has 218 valence electrons. The van der Waals surface area contributed by atoms with Crippen molar-refractivity contribution in [1.29, 1.82) is 5.26 Å². The molecule has 2 aliphatic rings. The van der Waals surface area contributed by atoms with E-state index in [0.717, 1.165) is 25.0 Å². The number of carbonyl (C=O) groups is 3. The van der Waals surface area contributed by atoms with Crippen LogP contribution in [0, 0.1) is 23.1 Å². The third-order valence-corrected chi connectivity index (χ3v) is 8.38. The number of benzene rings is 1. The summed E-state index contributed by atoms with van der Waals surface area (Å²) in [6, 6.07) is 8.52. The highest BCUT2D eigenvalue weighted by atomic mass is 32.2. The first-order valence-electron chi connectivity index (χ1n) is 13.5. The van der Waals surface area contributed by atoms with Crippen molar-refractivity contribution in [2.45, 2.75) is 51.3 Å². The molecular weight excluding hydrogens is 553 g/mol. The van der Waals surface area contributed by atoms with Gasteiger partial charge >= 0.3 is 5.97 Å². The van der Waals surface area contributed by atoms with Gasteiger partial charge in [0.2, 0.25) is 21.8 Å². The number of esters is 1. The molecule has 1 aromatic heterocycles. The van der Waals surface area contributed by atoms with E-state index in [1.54, 1.807) is 11.8 Å². The SMILES string of the molecule is CCOC(=O)c1cc(C#N)c(N2CCC(C(=O)NS(=O)(=O)Cc3ccc(F)cc3)CC2)nc1CN1CCCCC1=O. The van der Waals surface area contributed by atoms with Crippen LogP contribution in [-0.2, 0) is 36.6 Å². The first-order valence-corrected chi connectivity index (χ1v) is 15.2. The summed E-state index contributed by atoms with van der Waals surface area (Å²) in [6.45, 7) is 3.10. The molecule has 13 heteroatoms. The Labute approximate surface area is 238 Å². The van der Waals surface area contributed by atoms with Gasteiger partial charge in [0, 0.05) is 32.0 Å². The number of rotatable bonds is 9. The molecule has 2 aromatic rings. The molecule has 4 rings (SSSR count). The van der Waals surface area contributed by atoms with Crippen LogP contribution >= 0.6 is 0 Å². The summed E-state index contributed by atoms with van der Waals surface area (Å²) in [5.41, 5.74) is 0.974. The fourth-order valence-corrected chi connectivity index (χ4v) is 6.18. The summed E-state index contributed by atoms with van der Waals surface area (Å²) in [6.07, 6.45) is 2.70. The van der Waals surface area contributed by atoms with Gasteiger partial charge in [0.25, 0.3) is 0 Å². The van der Waals surface area contributed by atoms with Gasteiger partial charge in [-0.25, -0.2) is 22.6 Å². The maximum atomic E-state index is 13.1. The Morgan fingerprint density at radius 2 is 1.88 bits per heavy atom. The van der Waals surface area contributed by atoms with E-state index in [0.29, 0.717) is 56.0 Å². The molecule has 0 bridgehead atoms. The van der Waals surface area contributed by atoms with Gasteiger partial charge < -0.3 is 14.5 Å². The molecular formula is C28H32FN5O6S. The Bertz CT molecular complexity index is 1450. The largest absolute Gasteiger partial charge is 0.462 e. The first-order chi connectivity index (χ1) is 19.6. The highest BCUT2D eigenvalue weighted by Gasteiger charge is 2.31. The summed E-state index contributed by atoms with van der Waals surface area (Å²) >= 11 is 0. The number of amides is 2. The predicted octanol–water partition coefficient (Wildman–Crippen LogP) is 2.64. The van der Waals surface area contributed by atoms with Crippen molar-refractivity contribution in [3.05, 3.63) is 58.5 Å². The highest BCUT2D eigenvalue weighted by molar-refractivity contribution is 7.89. The van der Waals surface area contributed by atoms with Crippen molar-refractivity contribution in [3.63, 3.8) is 0 Å². The second-order valence-corrected chi connectivity index (χ2v) is 11.8. The standard InChI is InChI=1S/C28H32FN5O6S/c1-2-40-28(37)23-15-21(16-30)26(31-24(23)17-34-12-4-3-5-25(34)35)33-13-10-20(11-14-33)27(36)32-41(38,39)18-19-6-8-22(29)9-7-19/h6-9,15,20H,2-5,10-14,17-18H2,1H3,(H,32,36). The average Bonchev–Trinajstić information content (AvgIpc) is 2.95. The summed E-state index contributed by atoms with van der Waals surface area (Å²) in [5.74, 6) is -2.46. The fraction of sp³-hybridized carbons (Fsp3) is 0.464. The second-order valence-electron chi connectivity index (χ2n) is 10.1. The zero-order valence-corrected chi connectivity index (χ0v) is 23.6. The van der Waals surface area contributed by atoms with E-state index in [-0.39, 0.29) is 30.2 Å². The summed E-state index contributed by atoms with van der Waals surface area (Å²) in [5, 5.41) is 9.86. The number of piperidine rings is 2. The number of halogens is 1. The molecule has 0 unspecified atom stereocenters. The van der Waals surface area contributed by atoms with E-state index in [1.807, 2.05) is 4.90 Å². The van der Waals surface area contributed by atoms with Gasteiger partial charge in [-0.15, -0.1) is 0 Å². The molecule has 2 aliphatic heterocycles. The first kappa shape index (κ1) is 29.9. The number of ether oxygens (including phenoxy) is 1. The Balaban J connectivity index is 1.47. The minimum Gasteiger partial charge on any atom is -0.462 e. The number of pyridine rings is 1. The Morgan fingerprint density at radius 3 is 2.51 bits per heavy atom. The van der Waals surface area contributed by atoms with E-state index in [9.17, 15) is 32.5 Å². The van der Waals surface area contributed by atoms with Crippen molar-refractivity contribution in [1.82, 2.24) is 14.6 Å². The van der Waals surface area contributed by atoms with Crippen LogP contribution in [0.25, 0.3) is 0 Å². The molecule has 2 saturated heterocycles. The smallest absolute Gasteiger partial charge is 0.340 e. The number of likely N-dealkylation sites (tertiary alicyclic amines) is 1. The summed E-state index contributed by atoms with van der Waals surface area (Å²) < 4.78 is 45.5. The van der Waals surface area contributed by atoms with Gasteiger partial charge in [0.1, 0.15) is 17.7 Å². The lowest BCUT2D eigenvalue weighted by Crippen LogP contribution is -2.43. The van der Waals surface area contributed by atoms with E-state index < -0.39 is 39.4 Å². The number of hydrogen-bond donors (Lipinski definition) is 1. The summed E-state index contributed by atoms with van der Waals surface area (Å²) in [4.78, 5) is 46.1. The van der Waals surface area contributed by atoms with Crippen molar-refractivity contribution in [2.24, 2.45) is 5.92 Å².